The van der Waals surface area contributed by atoms with Gasteiger partial charge in [0, 0.05) is 0 Å². The lowest BCUT2D eigenvalue weighted by atomic mass is 10.4. The number of rotatable bonds is 3. The van der Waals surface area contributed by atoms with Crippen molar-refractivity contribution in [2.45, 2.75) is 4.90 Å². The van der Waals surface area contributed by atoms with Gasteiger partial charge in [0.1, 0.15) is 11.6 Å². The van der Waals surface area contributed by atoms with Gasteiger partial charge in [0.25, 0.3) is 0 Å². The number of aliphatic hydroxyl groups is 1. The van der Waals surface area contributed by atoms with Crippen molar-refractivity contribution in [1.82, 2.24) is 4.72 Å². The van der Waals surface area contributed by atoms with Gasteiger partial charge in [-0.1, -0.05) is 23.7 Å². The number of hydrogen-bond acceptors (Lipinski definition) is 3. The highest BCUT2D eigenvalue weighted by molar-refractivity contribution is 7.89. The average Bonchev–Trinajstić information content (AvgIpc) is 2.04. The van der Waals surface area contributed by atoms with Gasteiger partial charge in [-0.25, -0.2) is 8.42 Å². The second kappa shape index (κ2) is 4.06. The van der Waals surface area contributed by atoms with Gasteiger partial charge in [-0.3, -0.25) is 0 Å². The maximum absolute atomic E-state index is 11.3. The van der Waals surface area contributed by atoms with Crippen molar-refractivity contribution >= 4 is 21.6 Å². The lowest BCUT2D eigenvalue weighted by Crippen LogP contribution is -2.24. The second-order valence-electron chi connectivity index (χ2n) is 2.24. The van der Waals surface area contributed by atoms with Crippen LogP contribution in [0.25, 0.3) is 0 Å². The number of aliphatic hydroxyl groups excluding tert-OH is 1. The van der Waals surface area contributed by atoms with Crippen LogP contribution >= 0.6 is 11.6 Å². The Hall–Kier alpha value is -0.620. The Morgan fingerprint density at radius 3 is 2.54 bits per heavy atom. The van der Waals surface area contributed by atoms with E-state index in [2.05, 4.69) is 0 Å². The highest BCUT2D eigenvalue weighted by Gasteiger charge is 2.15. The number of halogens is 1. The molecular formula is C7H8ClNO3S. The van der Waals surface area contributed by atoms with Crippen LogP contribution in [0.3, 0.4) is 0 Å². The molecule has 1 aromatic rings. The fourth-order valence-electron chi connectivity index (χ4n) is 0.825. The monoisotopic (exact) mass is 221 g/mol. The van der Waals surface area contributed by atoms with Crippen LogP contribution in [0.1, 0.15) is 0 Å². The average molecular weight is 222 g/mol. The van der Waals surface area contributed by atoms with Crippen molar-refractivity contribution in [1.29, 1.82) is 0 Å². The van der Waals surface area contributed by atoms with E-state index in [4.69, 9.17) is 16.7 Å². The zero-order valence-electron chi connectivity index (χ0n) is 6.57. The SMILES string of the molecule is O=S(=O)(NCO)c1ccccc1Cl. The Morgan fingerprint density at radius 1 is 1.38 bits per heavy atom. The molecule has 0 atom stereocenters. The fourth-order valence-corrected chi connectivity index (χ4v) is 2.17. The lowest BCUT2D eigenvalue weighted by molar-refractivity contribution is 0.288. The Labute approximate surface area is 81.2 Å². The maximum atomic E-state index is 11.3. The molecule has 13 heavy (non-hydrogen) atoms. The maximum Gasteiger partial charge on any atom is 0.243 e. The van der Waals surface area contributed by atoms with Gasteiger partial charge in [-0.15, -0.1) is 0 Å². The Balaban J connectivity index is 3.15. The molecule has 0 spiro atoms. The molecule has 0 heterocycles. The minimum atomic E-state index is -3.67. The molecular weight excluding hydrogens is 214 g/mol. The predicted molar refractivity (Wildman–Crippen MR) is 48.9 cm³/mol. The summed E-state index contributed by atoms with van der Waals surface area (Å²) in [5.74, 6) is 0. The molecule has 0 saturated carbocycles. The van der Waals surface area contributed by atoms with E-state index in [9.17, 15) is 8.42 Å². The molecule has 6 heteroatoms. The van der Waals surface area contributed by atoms with E-state index >= 15 is 0 Å². The highest BCUT2D eigenvalue weighted by Crippen LogP contribution is 2.19. The first-order chi connectivity index (χ1) is 6.08. The van der Waals surface area contributed by atoms with Gasteiger partial charge in [0.2, 0.25) is 10.0 Å². The summed E-state index contributed by atoms with van der Waals surface area (Å²) < 4.78 is 24.5. The van der Waals surface area contributed by atoms with Crippen molar-refractivity contribution in [2.75, 3.05) is 6.73 Å². The number of sulfonamides is 1. The molecule has 4 nitrogen and oxygen atoms in total. The summed E-state index contributed by atoms with van der Waals surface area (Å²) in [6.07, 6.45) is 0. The molecule has 0 bridgehead atoms. The summed E-state index contributed by atoms with van der Waals surface area (Å²) >= 11 is 5.64. The molecule has 0 unspecified atom stereocenters. The van der Waals surface area contributed by atoms with Crippen LogP contribution < -0.4 is 4.72 Å². The first-order valence-electron chi connectivity index (χ1n) is 3.43. The molecule has 0 aromatic heterocycles. The minimum Gasteiger partial charge on any atom is -0.380 e. The summed E-state index contributed by atoms with van der Waals surface area (Å²) in [7, 11) is -3.67. The fraction of sp³-hybridized carbons (Fsp3) is 0.143. The van der Waals surface area contributed by atoms with E-state index in [1.165, 1.54) is 12.1 Å². The van der Waals surface area contributed by atoms with E-state index in [1.54, 1.807) is 12.1 Å². The van der Waals surface area contributed by atoms with E-state index in [0.29, 0.717) is 0 Å². The number of hydrogen-bond donors (Lipinski definition) is 2. The quantitative estimate of drug-likeness (QED) is 0.734. The van der Waals surface area contributed by atoms with Gasteiger partial charge >= 0.3 is 0 Å². The van der Waals surface area contributed by atoms with Gasteiger partial charge in [0.15, 0.2) is 0 Å². The van der Waals surface area contributed by atoms with Crippen molar-refractivity contribution < 1.29 is 13.5 Å². The molecule has 1 aromatic carbocycles. The molecule has 0 saturated heterocycles. The van der Waals surface area contributed by atoms with E-state index in [1.807, 2.05) is 4.72 Å². The molecule has 0 aliphatic carbocycles. The summed E-state index contributed by atoms with van der Waals surface area (Å²) in [4.78, 5) is -0.0364. The molecule has 0 fully saturated rings. The Morgan fingerprint density at radius 2 is 2.00 bits per heavy atom. The predicted octanol–water partition coefficient (Wildman–Crippen LogP) is 0.568. The van der Waals surface area contributed by atoms with Crippen LogP contribution in [0.2, 0.25) is 5.02 Å². The number of nitrogens with one attached hydrogen (secondary N) is 1. The Bertz CT molecular complexity index is 390. The van der Waals surface area contributed by atoms with E-state index < -0.39 is 16.8 Å². The van der Waals surface area contributed by atoms with Crippen molar-refractivity contribution in [3.63, 3.8) is 0 Å². The third-order valence-corrected chi connectivity index (χ3v) is 3.27. The minimum absolute atomic E-state index is 0.0364. The van der Waals surface area contributed by atoms with Crippen molar-refractivity contribution in [3.8, 4) is 0 Å². The summed E-state index contributed by atoms with van der Waals surface area (Å²) in [5.41, 5.74) is 0. The molecule has 1 rings (SSSR count). The van der Waals surface area contributed by atoms with E-state index in [-0.39, 0.29) is 9.92 Å². The standard InChI is InChI=1S/C7H8ClNO3S/c8-6-3-1-2-4-7(6)13(11,12)9-5-10/h1-4,9-10H,5H2. The van der Waals surface area contributed by atoms with E-state index in [0.717, 1.165) is 0 Å². The molecule has 0 amide bonds. The summed E-state index contributed by atoms with van der Waals surface area (Å²) in [6, 6.07) is 6.01. The molecule has 0 aliphatic rings. The largest absolute Gasteiger partial charge is 0.380 e. The van der Waals surface area contributed by atoms with Gasteiger partial charge < -0.3 is 5.11 Å². The Kier molecular flexibility index (Phi) is 3.27. The van der Waals surface area contributed by atoms with Gasteiger partial charge in [-0.2, -0.15) is 4.72 Å². The summed E-state index contributed by atoms with van der Waals surface area (Å²) in [5, 5.41) is 8.55. The smallest absolute Gasteiger partial charge is 0.243 e. The normalized spacial score (nSPS) is 11.5. The van der Waals surface area contributed by atoms with Gasteiger partial charge in [0.05, 0.1) is 5.02 Å². The summed E-state index contributed by atoms with van der Waals surface area (Å²) in [6.45, 7) is -0.645. The first-order valence-corrected chi connectivity index (χ1v) is 5.29. The van der Waals surface area contributed by atoms with Crippen molar-refractivity contribution in [2.24, 2.45) is 0 Å². The van der Waals surface area contributed by atoms with Crippen LogP contribution in [0.15, 0.2) is 29.2 Å². The molecule has 2 N–H and O–H groups in total. The molecule has 0 aliphatic heterocycles. The third-order valence-electron chi connectivity index (χ3n) is 1.38. The second-order valence-corrected chi connectivity index (χ2v) is 4.38. The van der Waals surface area contributed by atoms with Crippen molar-refractivity contribution in [3.05, 3.63) is 29.3 Å². The molecule has 0 radical (unpaired) electrons. The van der Waals surface area contributed by atoms with Crippen LogP contribution in [0, 0.1) is 0 Å². The highest BCUT2D eigenvalue weighted by atomic mass is 35.5. The topological polar surface area (TPSA) is 66.4 Å². The van der Waals surface area contributed by atoms with Crippen LogP contribution in [-0.2, 0) is 10.0 Å². The van der Waals surface area contributed by atoms with Crippen LogP contribution in [0.5, 0.6) is 0 Å². The third kappa shape index (κ3) is 2.41. The zero-order chi connectivity index (χ0) is 9.90. The molecule has 72 valence electrons. The van der Waals surface area contributed by atoms with Gasteiger partial charge in [-0.05, 0) is 12.1 Å². The zero-order valence-corrected chi connectivity index (χ0v) is 8.14. The van der Waals surface area contributed by atoms with Crippen LogP contribution in [-0.4, -0.2) is 20.3 Å². The first kappa shape index (κ1) is 10.5. The van der Waals surface area contributed by atoms with Crippen LogP contribution in [0.4, 0.5) is 0 Å². The lowest BCUT2D eigenvalue weighted by Gasteiger charge is -2.04. The number of benzene rings is 1.